The highest BCUT2D eigenvalue weighted by Gasteiger charge is 2.34. The number of carbonyl (C=O) groups is 2. The fourth-order valence-corrected chi connectivity index (χ4v) is 3.62. The zero-order valence-corrected chi connectivity index (χ0v) is 23.4. The molecule has 0 radical (unpaired) electrons. The number of nitrogens with zero attached hydrogens (tertiary/aromatic N) is 1. The first kappa shape index (κ1) is 34.2. The third-order valence-electron chi connectivity index (χ3n) is 5.64. The number of rotatable bonds is 28. The molecule has 40 heavy (non-hydrogen) atoms. The first-order valence-corrected chi connectivity index (χ1v) is 13.9. The van der Waals surface area contributed by atoms with E-state index in [0.717, 1.165) is 6.42 Å². The molecule has 0 aromatic heterocycles. The van der Waals surface area contributed by atoms with Crippen LogP contribution in [0.15, 0.2) is 24.3 Å². The zero-order valence-electron chi connectivity index (χ0n) is 23.4. The van der Waals surface area contributed by atoms with Crippen LogP contribution in [0.5, 0.6) is 0 Å². The Hall–Kier alpha value is -2.00. The first-order valence-electron chi connectivity index (χ1n) is 13.9. The number of benzene rings is 1. The molecule has 0 aliphatic carbocycles. The zero-order chi connectivity index (χ0) is 28.5. The maximum atomic E-state index is 12.3. The lowest BCUT2D eigenvalue weighted by Gasteiger charge is -2.13. The number of aliphatic hydroxyl groups excluding tert-OH is 1. The van der Waals surface area contributed by atoms with Crippen molar-refractivity contribution in [3.05, 3.63) is 35.4 Å². The fourth-order valence-electron chi connectivity index (χ4n) is 3.62. The van der Waals surface area contributed by atoms with Crippen molar-refractivity contribution in [2.45, 2.75) is 12.8 Å². The summed E-state index contributed by atoms with van der Waals surface area (Å²) >= 11 is 0. The summed E-state index contributed by atoms with van der Waals surface area (Å²) in [7, 11) is 0. The molecule has 0 saturated heterocycles. The minimum atomic E-state index is -0.215. The second-order valence-corrected chi connectivity index (χ2v) is 8.64. The lowest BCUT2D eigenvalue weighted by atomic mass is 10.1. The van der Waals surface area contributed by atoms with Crippen molar-refractivity contribution < 1.29 is 52.6 Å². The lowest BCUT2D eigenvalue weighted by Crippen LogP contribution is -2.30. The number of ether oxygens (including phenoxy) is 8. The van der Waals surface area contributed by atoms with Gasteiger partial charge in [-0.25, -0.2) is 0 Å². The molecule has 1 N–H and O–H groups in total. The molecule has 1 aliphatic heterocycles. The van der Waals surface area contributed by atoms with E-state index in [1.54, 1.807) is 24.3 Å². The summed E-state index contributed by atoms with van der Waals surface area (Å²) in [6.07, 6.45) is 1.46. The smallest absolute Gasteiger partial charge is 0.261 e. The van der Waals surface area contributed by atoms with Crippen LogP contribution in [0.4, 0.5) is 0 Å². The molecule has 0 spiro atoms. The average molecular weight is 572 g/mol. The van der Waals surface area contributed by atoms with Gasteiger partial charge in [-0.15, -0.1) is 0 Å². The van der Waals surface area contributed by atoms with Gasteiger partial charge in [0.15, 0.2) is 0 Å². The summed E-state index contributed by atoms with van der Waals surface area (Å²) in [6, 6.07) is 6.92. The van der Waals surface area contributed by atoms with Gasteiger partial charge < -0.3 is 43.0 Å². The Labute approximate surface area is 236 Å². The highest BCUT2D eigenvalue weighted by atomic mass is 16.6. The molecule has 0 saturated carbocycles. The van der Waals surface area contributed by atoms with Gasteiger partial charge in [0.05, 0.1) is 117 Å². The summed E-state index contributed by atoms with van der Waals surface area (Å²) < 4.78 is 43.1. The predicted octanol–water partition coefficient (Wildman–Crippen LogP) is 1.19. The highest BCUT2D eigenvalue weighted by molar-refractivity contribution is 6.21. The monoisotopic (exact) mass is 571 g/mol. The third-order valence-corrected chi connectivity index (χ3v) is 5.64. The maximum Gasteiger partial charge on any atom is 0.261 e. The van der Waals surface area contributed by atoms with E-state index >= 15 is 0 Å². The molecule has 0 atom stereocenters. The van der Waals surface area contributed by atoms with Gasteiger partial charge in [0, 0.05) is 13.2 Å². The summed E-state index contributed by atoms with van der Waals surface area (Å²) in [4.78, 5) is 25.9. The summed E-state index contributed by atoms with van der Waals surface area (Å²) in [6.45, 7) is 8.13. The van der Waals surface area contributed by atoms with E-state index in [1.807, 2.05) is 0 Å². The summed E-state index contributed by atoms with van der Waals surface area (Å²) in [5.74, 6) is -0.431. The Morgan fingerprint density at radius 2 is 0.800 bits per heavy atom. The minimum absolute atomic E-state index is 0.0209. The Morgan fingerprint density at radius 1 is 0.475 bits per heavy atom. The molecular weight excluding hydrogens is 526 g/mol. The van der Waals surface area contributed by atoms with Crippen molar-refractivity contribution in [2.75, 3.05) is 119 Å². The minimum Gasteiger partial charge on any atom is -0.394 e. The summed E-state index contributed by atoms with van der Waals surface area (Å²) in [5.41, 5.74) is 0.968. The van der Waals surface area contributed by atoms with Crippen molar-refractivity contribution in [3.63, 3.8) is 0 Å². The van der Waals surface area contributed by atoms with Gasteiger partial charge in [-0.1, -0.05) is 12.1 Å². The van der Waals surface area contributed by atoms with Gasteiger partial charge in [0.2, 0.25) is 0 Å². The topological polar surface area (TPSA) is 131 Å². The first-order chi connectivity index (χ1) is 19.8. The van der Waals surface area contributed by atoms with Gasteiger partial charge in [-0.3, -0.25) is 14.5 Å². The maximum absolute atomic E-state index is 12.3. The number of aliphatic hydroxyl groups is 1. The second-order valence-electron chi connectivity index (χ2n) is 8.64. The van der Waals surface area contributed by atoms with E-state index < -0.39 is 0 Å². The normalized spacial score (nSPS) is 13.0. The van der Waals surface area contributed by atoms with Gasteiger partial charge in [0.1, 0.15) is 0 Å². The molecule has 0 fully saturated rings. The quantitative estimate of drug-likeness (QED) is 0.115. The second kappa shape index (κ2) is 23.7. The Balaban J connectivity index is 1.22. The molecule has 228 valence electrons. The largest absolute Gasteiger partial charge is 0.394 e. The van der Waals surface area contributed by atoms with Crippen LogP contribution in [-0.2, 0) is 37.9 Å². The number of unbranched alkanes of at least 4 members (excludes halogenated alkanes) is 1. The molecule has 12 nitrogen and oxygen atoms in total. The van der Waals surface area contributed by atoms with E-state index in [1.165, 1.54) is 4.90 Å². The van der Waals surface area contributed by atoms with E-state index in [4.69, 9.17) is 43.0 Å². The van der Waals surface area contributed by atoms with Crippen LogP contribution >= 0.6 is 0 Å². The average Bonchev–Trinajstić information content (AvgIpc) is 3.21. The van der Waals surface area contributed by atoms with Crippen LogP contribution in [-0.4, -0.2) is 141 Å². The number of hydrogen-bond donors (Lipinski definition) is 1. The molecule has 12 heteroatoms. The molecular formula is C28H45NO11. The van der Waals surface area contributed by atoms with Crippen LogP contribution in [0.1, 0.15) is 33.6 Å². The standard InChI is InChI=1S/C28H45NO11/c30-8-10-34-12-14-36-16-18-38-20-22-40-24-23-39-21-19-37-17-15-35-13-11-33-9-4-3-7-29-27(31)25-5-1-2-6-26(25)28(29)32/h1-2,5-6,30H,3-4,7-24H2. The summed E-state index contributed by atoms with van der Waals surface area (Å²) in [5, 5.41) is 8.57. The fraction of sp³-hybridized carbons (Fsp3) is 0.714. The Morgan fingerprint density at radius 3 is 1.15 bits per heavy atom. The van der Waals surface area contributed by atoms with E-state index in [0.29, 0.717) is 130 Å². The SMILES string of the molecule is O=C1c2ccccc2C(=O)N1CCCCOCCOCCOCCOCCOCCOCCOCCOCCO. The molecule has 1 aromatic carbocycles. The van der Waals surface area contributed by atoms with Gasteiger partial charge >= 0.3 is 0 Å². The number of hydrogen-bond acceptors (Lipinski definition) is 11. The van der Waals surface area contributed by atoms with Gasteiger partial charge in [0.25, 0.3) is 11.8 Å². The molecule has 2 rings (SSSR count). The van der Waals surface area contributed by atoms with Crippen LogP contribution in [0, 0.1) is 0 Å². The lowest BCUT2D eigenvalue weighted by molar-refractivity contribution is -0.0238. The van der Waals surface area contributed by atoms with E-state index in [9.17, 15) is 9.59 Å². The van der Waals surface area contributed by atoms with E-state index in [2.05, 4.69) is 0 Å². The number of imide groups is 1. The van der Waals surface area contributed by atoms with Crippen molar-refractivity contribution >= 4 is 11.8 Å². The molecule has 2 amide bonds. The molecule has 1 aliphatic rings. The van der Waals surface area contributed by atoms with Crippen molar-refractivity contribution in [2.24, 2.45) is 0 Å². The van der Waals surface area contributed by atoms with Crippen molar-refractivity contribution in [1.29, 1.82) is 0 Å². The Bertz CT molecular complexity index is 760. The van der Waals surface area contributed by atoms with Crippen LogP contribution in [0.2, 0.25) is 0 Å². The third kappa shape index (κ3) is 15.1. The molecule has 1 aromatic rings. The highest BCUT2D eigenvalue weighted by Crippen LogP contribution is 2.22. The van der Waals surface area contributed by atoms with Crippen LogP contribution in [0.25, 0.3) is 0 Å². The van der Waals surface area contributed by atoms with Crippen LogP contribution in [0.3, 0.4) is 0 Å². The molecule has 0 bridgehead atoms. The van der Waals surface area contributed by atoms with Crippen molar-refractivity contribution in [1.82, 2.24) is 4.90 Å². The number of amides is 2. The number of carbonyl (C=O) groups excluding carboxylic acids is 2. The molecule has 0 unspecified atom stereocenters. The van der Waals surface area contributed by atoms with Gasteiger partial charge in [-0.2, -0.15) is 0 Å². The van der Waals surface area contributed by atoms with E-state index in [-0.39, 0.29) is 18.4 Å². The number of fused-ring (bicyclic) bond motifs is 1. The van der Waals surface area contributed by atoms with Crippen molar-refractivity contribution in [3.8, 4) is 0 Å². The molecule has 1 heterocycles. The van der Waals surface area contributed by atoms with Crippen LogP contribution < -0.4 is 0 Å². The predicted molar refractivity (Wildman–Crippen MR) is 145 cm³/mol. The Kier molecular flexibility index (Phi) is 20.2. The van der Waals surface area contributed by atoms with Gasteiger partial charge in [-0.05, 0) is 25.0 Å².